The summed E-state index contributed by atoms with van der Waals surface area (Å²) in [4.78, 5) is 23.0. The Morgan fingerprint density at radius 2 is 2.03 bits per heavy atom. The van der Waals surface area contributed by atoms with E-state index in [2.05, 4.69) is 20.6 Å². The van der Waals surface area contributed by atoms with Crippen LogP contribution in [0.2, 0.25) is 10.3 Å². The number of nitrogens with zero attached hydrogens (tertiary/aromatic N) is 5. The summed E-state index contributed by atoms with van der Waals surface area (Å²) in [6.45, 7) is 2.69. The second-order valence-electron chi connectivity index (χ2n) is 7.32. The average molecular weight is 449 g/mol. The minimum Gasteiger partial charge on any atom is -0.373 e. The van der Waals surface area contributed by atoms with Gasteiger partial charge in [0.15, 0.2) is 11.5 Å². The van der Waals surface area contributed by atoms with Crippen molar-refractivity contribution < 1.29 is 14.1 Å². The molecular formula is C19H18Cl2N6O3. The first kappa shape index (κ1) is 19.3. The third kappa shape index (κ3) is 3.42. The van der Waals surface area contributed by atoms with E-state index in [1.807, 2.05) is 24.3 Å². The molecule has 1 aromatic carbocycles. The summed E-state index contributed by atoms with van der Waals surface area (Å²) < 4.78 is 12.8. The number of aryl methyl sites for hydroxylation is 1. The highest BCUT2D eigenvalue weighted by molar-refractivity contribution is 6.30. The minimum atomic E-state index is -0.197. The van der Waals surface area contributed by atoms with Crippen molar-refractivity contribution in [1.82, 2.24) is 24.7 Å². The van der Waals surface area contributed by atoms with Gasteiger partial charge in [-0.15, -0.1) is 0 Å². The first-order chi connectivity index (χ1) is 14.5. The summed E-state index contributed by atoms with van der Waals surface area (Å²) in [5.74, 6) is 0.785. The lowest BCUT2D eigenvalue weighted by atomic mass is 10.0. The van der Waals surface area contributed by atoms with Gasteiger partial charge in [-0.05, 0) is 42.6 Å². The third-order valence-corrected chi connectivity index (χ3v) is 5.84. The molecule has 3 aromatic rings. The van der Waals surface area contributed by atoms with E-state index >= 15 is 0 Å². The minimum absolute atomic E-state index is 0.0286. The smallest absolute Gasteiger partial charge is 0.276 e. The lowest BCUT2D eigenvalue weighted by Gasteiger charge is -2.28. The van der Waals surface area contributed by atoms with Crippen molar-refractivity contribution in [2.45, 2.75) is 31.9 Å². The fourth-order valence-corrected chi connectivity index (χ4v) is 4.17. The van der Waals surface area contributed by atoms with Crippen molar-refractivity contribution in [3.05, 3.63) is 63.2 Å². The van der Waals surface area contributed by atoms with Crippen LogP contribution in [0.4, 0.5) is 0 Å². The van der Waals surface area contributed by atoms with E-state index in [9.17, 15) is 4.79 Å². The Balaban J connectivity index is 1.26. The van der Waals surface area contributed by atoms with E-state index < -0.39 is 0 Å². The Morgan fingerprint density at radius 1 is 1.23 bits per heavy atom. The molecule has 1 saturated heterocycles. The number of hydrogen-bond acceptors (Lipinski definition) is 7. The number of aromatic nitrogens is 4. The molecule has 9 nitrogen and oxygen atoms in total. The van der Waals surface area contributed by atoms with E-state index in [0.717, 1.165) is 12.0 Å². The SMILES string of the molecule is Cc1nc(Cl)n2c1C(=O)N(Cc1nc([C@@H]3CO[C@@H](c4ccc(Cl)cc4)C3)no1)CN2. The van der Waals surface area contributed by atoms with Gasteiger partial charge in [0.05, 0.1) is 18.4 Å². The van der Waals surface area contributed by atoms with Crippen molar-refractivity contribution >= 4 is 29.1 Å². The van der Waals surface area contributed by atoms with Crippen molar-refractivity contribution in [1.29, 1.82) is 0 Å². The van der Waals surface area contributed by atoms with Crippen LogP contribution in [-0.4, -0.2) is 43.9 Å². The molecule has 1 N–H and O–H groups in total. The molecule has 2 atom stereocenters. The molecular weight excluding hydrogens is 431 g/mol. The second-order valence-corrected chi connectivity index (χ2v) is 8.10. The van der Waals surface area contributed by atoms with Gasteiger partial charge in [0.25, 0.3) is 5.91 Å². The predicted octanol–water partition coefficient (Wildman–Crippen LogP) is 3.28. The number of carbonyl (C=O) groups excluding carboxylic acids is 1. The highest BCUT2D eigenvalue weighted by Crippen LogP contribution is 2.37. The average Bonchev–Trinajstić information content (AvgIpc) is 3.44. The Morgan fingerprint density at radius 3 is 2.83 bits per heavy atom. The molecule has 11 heteroatoms. The quantitative estimate of drug-likeness (QED) is 0.653. The van der Waals surface area contributed by atoms with Gasteiger partial charge >= 0.3 is 0 Å². The fourth-order valence-electron chi connectivity index (χ4n) is 3.77. The number of halogens is 2. The fraction of sp³-hybridized carbons (Fsp3) is 0.368. The normalized spacial score (nSPS) is 21.0. The number of nitrogens with one attached hydrogen (secondary N) is 1. The molecule has 156 valence electrons. The van der Waals surface area contributed by atoms with Gasteiger partial charge in [-0.1, -0.05) is 28.9 Å². The Bertz CT molecular complexity index is 1100. The number of hydrogen-bond donors (Lipinski definition) is 1. The molecule has 0 radical (unpaired) electrons. The second kappa shape index (κ2) is 7.57. The van der Waals surface area contributed by atoms with Gasteiger partial charge in [0.1, 0.15) is 13.2 Å². The van der Waals surface area contributed by atoms with Gasteiger partial charge in [0, 0.05) is 10.9 Å². The van der Waals surface area contributed by atoms with Gasteiger partial charge in [-0.3, -0.25) is 4.79 Å². The summed E-state index contributed by atoms with van der Waals surface area (Å²) in [5, 5.41) is 5.03. The molecule has 2 aromatic heterocycles. The number of amides is 1. The standard InChI is InChI=1S/C19H18Cl2N6O3/c1-10-16-18(28)26(9-22-27(16)19(21)23-10)7-15-24-17(25-30-15)12-6-14(29-8-12)11-2-4-13(20)5-3-11/h2-5,12,14,22H,6-9H2,1H3/t12-,14+/m0/s1. The molecule has 4 heterocycles. The largest absolute Gasteiger partial charge is 0.373 e. The van der Waals surface area contributed by atoms with E-state index in [-0.39, 0.29) is 36.4 Å². The predicted molar refractivity (Wildman–Crippen MR) is 108 cm³/mol. The Hall–Kier alpha value is -2.62. The summed E-state index contributed by atoms with van der Waals surface area (Å²) in [5.41, 5.74) is 5.08. The molecule has 0 spiro atoms. The first-order valence-electron chi connectivity index (χ1n) is 9.47. The number of ether oxygens (including phenoxy) is 1. The van der Waals surface area contributed by atoms with Crippen molar-refractivity contribution in [3.8, 4) is 0 Å². The molecule has 2 aliphatic heterocycles. The zero-order chi connectivity index (χ0) is 20.8. The van der Waals surface area contributed by atoms with Crippen LogP contribution in [0.15, 0.2) is 28.8 Å². The zero-order valence-electron chi connectivity index (χ0n) is 16.0. The lowest BCUT2D eigenvalue weighted by Crippen LogP contribution is -2.44. The van der Waals surface area contributed by atoms with Gasteiger partial charge < -0.3 is 19.6 Å². The molecule has 5 rings (SSSR count). The van der Waals surface area contributed by atoms with Crippen molar-refractivity contribution in [3.63, 3.8) is 0 Å². The van der Waals surface area contributed by atoms with E-state index in [1.165, 1.54) is 4.68 Å². The van der Waals surface area contributed by atoms with E-state index in [1.54, 1.807) is 11.8 Å². The summed E-state index contributed by atoms with van der Waals surface area (Å²) in [7, 11) is 0. The Kier molecular flexibility index (Phi) is 4.88. The van der Waals surface area contributed by atoms with Gasteiger partial charge in [-0.25, -0.2) is 9.66 Å². The summed E-state index contributed by atoms with van der Waals surface area (Å²) >= 11 is 12.0. The topological polar surface area (TPSA) is 98.3 Å². The van der Waals surface area contributed by atoms with Crippen LogP contribution >= 0.6 is 23.2 Å². The number of benzene rings is 1. The number of rotatable bonds is 4. The van der Waals surface area contributed by atoms with Crippen LogP contribution in [0.1, 0.15) is 51.9 Å². The van der Waals surface area contributed by atoms with Crippen molar-refractivity contribution in [2.24, 2.45) is 0 Å². The third-order valence-electron chi connectivity index (χ3n) is 5.33. The lowest BCUT2D eigenvalue weighted by molar-refractivity contribution is 0.0696. The van der Waals surface area contributed by atoms with Crippen LogP contribution in [0.3, 0.4) is 0 Å². The molecule has 0 aliphatic carbocycles. The number of fused-ring (bicyclic) bond motifs is 1. The maximum absolute atomic E-state index is 12.8. The van der Waals surface area contributed by atoms with Crippen molar-refractivity contribution in [2.75, 3.05) is 18.7 Å². The van der Waals surface area contributed by atoms with Gasteiger partial charge in [-0.2, -0.15) is 4.98 Å². The zero-order valence-corrected chi connectivity index (χ0v) is 17.5. The van der Waals surface area contributed by atoms with Crippen LogP contribution in [0.25, 0.3) is 0 Å². The number of carbonyl (C=O) groups is 1. The van der Waals surface area contributed by atoms with E-state index in [0.29, 0.717) is 34.7 Å². The maximum atomic E-state index is 12.8. The highest BCUT2D eigenvalue weighted by Gasteiger charge is 2.33. The molecule has 0 bridgehead atoms. The molecule has 2 aliphatic rings. The van der Waals surface area contributed by atoms with Crippen LogP contribution < -0.4 is 5.43 Å². The number of imidazole rings is 1. The monoisotopic (exact) mass is 448 g/mol. The first-order valence-corrected chi connectivity index (χ1v) is 10.2. The van der Waals surface area contributed by atoms with Crippen LogP contribution in [0.5, 0.6) is 0 Å². The molecule has 30 heavy (non-hydrogen) atoms. The molecule has 0 unspecified atom stereocenters. The highest BCUT2D eigenvalue weighted by atomic mass is 35.5. The molecule has 0 saturated carbocycles. The molecule has 1 fully saturated rings. The van der Waals surface area contributed by atoms with Crippen LogP contribution in [-0.2, 0) is 11.3 Å². The molecule has 1 amide bonds. The maximum Gasteiger partial charge on any atom is 0.276 e. The van der Waals surface area contributed by atoms with E-state index in [4.69, 9.17) is 32.5 Å². The van der Waals surface area contributed by atoms with Crippen LogP contribution in [0, 0.1) is 6.92 Å². The summed E-state index contributed by atoms with van der Waals surface area (Å²) in [6, 6.07) is 7.63. The summed E-state index contributed by atoms with van der Waals surface area (Å²) in [6.07, 6.45) is 0.719. The Labute approximate surface area is 181 Å². The van der Waals surface area contributed by atoms with Gasteiger partial charge in [0.2, 0.25) is 11.2 Å².